The van der Waals surface area contributed by atoms with Gasteiger partial charge in [-0.15, -0.1) is 0 Å². The van der Waals surface area contributed by atoms with E-state index in [0.717, 1.165) is 18.4 Å². The zero-order valence-corrected chi connectivity index (χ0v) is 8.23. The van der Waals surface area contributed by atoms with Gasteiger partial charge in [0.25, 0.3) is 0 Å². The number of carboxylic acids is 1. The highest BCUT2D eigenvalue weighted by molar-refractivity contribution is 5.77. The van der Waals surface area contributed by atoms with Crippen LogP contribution in [0.5, 0.6) is 0 Å². The van der Waals surface area contributed by atoms with E-state index >= 15 is 0 Å². The van der Waals surface area contributed by atoms with Crippen LogP contribution >= 0.6 is 0 Å². The van der Waals surface area contributed by atoms with Gasteiger partial charge in [0.05, 0.1) is 5.41 Å². The van der Waals surface area contributed by atoms with E-state index in [0.29, 0.717) is 0 Å². The summed E-state index contributed by atoms with van der Waals surface area (Å²) >= 11 is 0. The van der Waals surface area contributed by atoms with Crippen LogP contribution in [0, 0.1) is 5.41 Å². The van der Waals surface area contributed by atoms with E-state index in [-0.39, 0.29) is 5.92 Å². The first-order chi connectivity index (χ1) is 6.64. The second-order valence-electron chi connectivity index (χ2n) is 4.22. The third-order valence-corrected chi connectivity index (χ3v) is 3.41. The molecule has 0 unspecified atom stereocenters. The Labute approximate surface area is 83.6 Å². The molecule has 0 saturated heterocycles. The Morgan fingerprint density at radius 3 is 2.50 bits per heavy atom. The van der Waals surface area contributed by atoms with Crippen LogP contribution in [-0.2, 0) is 4.79 Å². The Bertz CT molecular complexity index is 345. The molecule has 14 heavy (non-hydrogen) atoms. The Kier molecular flexibility index (Phi) is 2.06. The molecular weight excluding hydrogens is 176 g/mol. The molecule has 0 heterocycles. The smallest absolute Gasteiger partial charge is 0.309 e. The zero-order chi connectivity index (χ0) is 10.2. The van der Waals surface area contributed by atoms with Gasteiger partial charge in [-0.25, -0.2) is 0 Å². The van der Waals surface area contributed by atoms with Crippen molar-refractivity contribution in [1.29, 1.82) is 0 Å². The lowest BCUT2D eigenvalue weighted by atomic mass is 9.59. The van der Waals surface area contributed by atoms with Gasteiger partial charge in [0.2, 0.25) is 0 Å². The van der Waals surface area contributed by atoms with Crippen LogP contribution in [0.2, 0.25) is 0 Å². The van der Waals surface area contributed by atoms with Crippen molar-refractivity contribution in [3.8, 4) is 0 Å². The maximum atomic E-state index is 11.1. The van der Waals surface area contributed by atoms with Gasteiger partial charge < -0.3 is 5.11 Å². The highest BCUT2D eigenvalue weighted by Crippen LogP contribution is 2.52. The van der Waals surface area contributed by atoms with Crippen LogP contribution in [0.1, 0.15) is 31.2 Å². The molecule has 0 bridgehead atoms. The summed E-state index contributed by atoms with van der Waals surface area (Å²) < 4.78 is 0. The fraction of sp³-hybridized carbons (Fsp3) is 0.417. The summed E-state index contributed by atoms with van der Waals surface area (Å²) in [6.07, 6.45) is 1.79. The fourth-order valence-electron chi connectivity index (χ4n) is 2.20. The molecule has 0 aromatic heterocycles. The van der Waals surface area contributed by atoms with Crippen LogP contribution in [0.15, 0.2) is 30.3 Å². The monoisotopic (exact) mass is 190 g/mol. The van der Waals surface area contributed by atoms with Gasteiger partial charge in [-0.1, -0.05) is 30.3 Å². The van der Waals surface area contributed by atoms with Crippen molar-refractivity contribution in [3.63, 3.8) is 0 Å². The van der Waals surface area contributed by atoms with Gasteiger partial charge in [-0.3, -0.25) is 4.79 Å². The predicted molar refractivity (Wildman–Crippen MR) is 54.2 cm³/mol. The first-order valence-corrected chi connectivity index (χ1v) is 4.93. The van der Waals surface area contributed by atoms with Crippen molar-refractivity contribution < 1.29 is 9.90 Å². The molecule has 1 saturated carbocycles. The third kappa shape index (κ3) is 1.22. The Morgan fingerprint density at radius 2 is 2.07 bits per heavy atom. The van der Waals surface area contributed by atoms with Crippen molar-refractivity contribution in [2.24, 2.45) is 5.41 Å². The van der Waals surface area contributed by atoms with E-state index in [1.54, 1.807) is 0 Å². The van der Waals surface area contributed by atoms with Gasteiger partial charge >= 0.3 is 5.97 Å². The number of benzene rings is 1. The summed E-state index contributed by atoms with van der Waals surface area (Å²) in [6.45, 7) is 1.84. The molecule has 1 aromatic rings. The quantitative estimate of drug-likeness (QED) is 0.778. The molecule has 0 radical (unpaired) electrons. The maximum absolute atomic E-state index is 11.1. The SMILES string of the molecule is C[C@@]1(C(=O)O)CC[C@@H]1c1ccccc1. The van der Waals surface area contributed by atoms with E-state index in [1.807, 2.05) is 37.3 Å². The van der Waals surface area contributed by atoms with Crippen LogP contribution in [0.4, 0.5) is 0 Å². The van der Waals surface area contributed by atoms with E-state index < -0.39 is 11.4 Å². The molecule has 2 atom stereocenters. The third-order valence-electron chi connectivity index (χ3n) is 3.41. The molecule has 74 valence electrons. The number of carbonyl (C=O) groups is 1. The highest BCUT2D eigenvalue weighted by Gasteiger charge is 2.49. The number of rotatable bonds is 2. The van der Waals surface area contributed by atoms with Crippen molar-refractivity contribution in [1.82, 2.24) is 0 Å². The fourth-order valence-corrected chi connectivity index (χ4v) is 2.20. The van der Waals surface area contributed by atoms with Gasteiger partial charge in [-0.2, -0.15) is 0 Å². The lowest BCUT2D eigenvalue weighted by Crippen LogP contribution is -2.42. The first kappa shape index (κ1) is 9.25. The van der Waals surface area contributed by atoms with E-state index in [9.17, 15) is 4.79 Å². The topological polar surface area (TPSA) is 37.3 Å². The largest absolute Gasteiger partial charge is 0.481 e. The van der Waals surface area contributed by atoms with Crippen molar-refractivity contribution in [2.45, 2.75) is 25.7 Å². The second kappa shape index (κ2) is 3.12. The molecule has 2 nitrogen and oxygen atoms in total. The predicted octanol–water partition coefficient (Wildman–Crippen LogP) is 2.65. The molecular formula is C12H14O2. The average Bonchev–Trinajstić information content (AvgIpc) is 2.16. The van der Waals surface area contributed by atoms with E-state index in [4.69, 9.17) is 5.11 Å². The van der Waals surface area contributed by atoms with Crippen LogP contribution in [0.25, 0.3) is 0 Å². The summed E-state index contributed by atoms with van der Waals surface area (Å²) in [7, 11) is 0. The van der Waals surface area contributed by atoms with Crippen LogP contribution in [0.3, 0.4) is 0 Å². The van der Waals surface area contributed by atoms with Crippen molar-refractivity contribution in [2.75, 3.05) is 0 Å². The lowest BCUT2D eigenvalue weighted by molar-refractivity contribution is -0.155. The highest BCUT2D eigenvalue weighted by atomic mass is 16.4. The van der Waals surface area contributed by atoms with Crippen LogP contribution in [-0.4, -0.2) is 11.1 Å². The number of aliphatic carboxylic acids is 1. The van der Waals surface area contributed by atoms with Gasteiger partial charge in [-0.05, 0) is 31.2 Å². The zero-order valence-electron chi connectivity index (χ0n) is 8.23. The lowest BCUT2D eigenvalue weighted by Gasteiger charge is -2.43. The molecule has 1 N–H and O–H groups in total. The molecule has 1 fully saturated rings. The Hall–Kier alpha value is -1.31. The number of hydrogen-bond donors (Lipinski definition) is 1. The van der Waals surface area contributed by atoms with Gasteiger partial charge in [0, 0.05) is 0 Å². The number of carboxylic acid groups (broad SMARTS) is 1. The number of hydrogen-bond acceptors (Lipinski definition) is 1. The standard InChI is InChI=1S/C12H14O2/c1-12(11(13)14)8-7-10(12)9-5-3-2-4-6-9/h2-6,10H,7-8H2,1H3,(H,13,14)/t10-,12-/m1/s1. The average molecular weight is 190 g/mol. The van der Waals surface area contributed by atoms with E-state index in [2.05, 4.69) is 0 Å². The Balaban J connectivity index is 2.26. The molecule has 2 rings (SSSR count). The first-order valence-electron chi connectivity index (χ1n) is 4.93. The van der Waals surface area contributed by atoms with Crippen LogP contribution < -0.4 is 0 Å². The summed E-state index contributed by atoms with van der Waals surface area (Å²) in [4.78, 5) is 11.1. The molecule has 1 aromatic carbocycles. The summed E-state index contributed by atoms with van der Waals surface area (Å²) in [6, 6.07) is 9.93. The molecule has 2 heteroatoms. The maximum Gasteiger partial charge on any atom is 0.309 e. The normalized spacial score (nSPS) is 30.8. The molecule has 0 amide bonds. The Morgan fingerprint density at radius 1 is 1.43 bits per heavy atom. The molecule has 1 aliphatic rings. The van der Waals surface area contributed by atoms with Crippen molar-refractivity contribution in [3.05, 3.63) is 35.9 Å². The molecule has 0 spiro atoms. The second-order valence-corrected chi connectivity index (χ2v) is 4.22. The minimum absolute atomic E-state index is 0.196. The van der Waals surface area contributed by atoms with Gasteiger partial charge in [0.15, 0.2) is 0 Å². The van der Waals surface area contributed by atoms with Gasteiger partial charge in [0.1, 0.15) is 0 Å². The van der Waals surface area contributed by atoms with E-state index in [1.165, 1.54) is 0 Å². The summed E-state index contributed by atoms with van der Waals surface area (Å²) in [5.41, 5.74) is 0.616. The molecule has 0 aliphatic heterocycles. The summed E-state index contributed by atoms with van der Waals surface area (Å²) in [5, 5.41) is 9.12. The minimum Gasteiger partial charge on any atom is -0.481 e. The minimum atomic E-state index is -0.669. The summed E-state index contributed by atoms with van der Waals surface area (Å²) in [5.74, 6) is -0.473. The van der Waals surface area contributed by atoms with Crippen molar-refractivity contribution >= 4 is 5.97 Å². The molecule has 1 aliphatic carbocycles.